The van der Waals surface area contributed by atoms with Crippen LogP contribution in [0.15, 0.2) is 54.6 Å². The second kappa shape index (κ2) is 7.70. The molecule has 6 heteroatoms. The molecule has 3 rings (SSSR count). The van der Waals surface area contributed by atoms with Gasteiger partial charge in [-0.1, -0.05) is 24.3 Å². The number of nitrogens with zero attached hydrogens (tertiary/aromatic N) is 2. The maximum atomic E-state index is 12.3. The fourth-order valence-electron chi connectivity index (χ4n) is 2.90. The molecule has 0 aliphatic carbocycles. The summed E-state index contributed by atoms with van der Waals surface area (Å²) in [5.74, 6) is -0.353. The predicted octanol–water partition coefficient (Wildman–Crippen LogP) is 1.35. The first-order valence-electron chi connectivity index (χ1n) is 8.35. The van der Waals surface area contributed by atoms with Crippen molar-refractivity contribution in [2.75, 3.05) is 43.4 Å². The molecular formula is C19H22N4O2. The van der Waals surface area contributed by atoms with Crippen LogP contribution in [-0.2, 0) is 4.79 Å². The molecule has 1 saturated heterocycles. The van der Waals surface area contributed by atoms with Crippen LogP contribution in [0.5, 0.6) is 0 Å². The third kappa shape index (κ3) is 4.29. The maximum absolute atomic E-state index is 12.3. The number of nitrogens with one attached hydrogen (secondary N) is 1. The number of carbonyl (C=O) groups is 2. The Hall–Kier alpha value is -3.02. The van der Waals surface area contributed by atoms with Crippen molar-refractivity contribution in [3.8, 4) is 0 Å². The number of para-hydroxylation sites is 1. The highest BCUT2D eigenvalue weighted by atomic mass is 16.2. The van der Waals surface area contributed by atoms with Crippen molar-refractivity contribution in [3.63, 3.8) is 0 Å². The lowest BCUT2D eigenvalue weighted by Gasteiger charge is -2.36. The number of amides is 2. The highest BCUT2D eigenvalue weighted by Crippen LogP contribution is 2.15. The number of nitrogens with two attached hydrogens (primary N) is 1. The molecule has 0 unspecified atom stereocenters. The van der Waals surface area contributed by atoms with Crippen LogP contribution in [0.4, 0.5) is 11.4 Å². The SMILES string of the molecule is Nc1cccc(C(=O)NCC(=O)N2CCN(c3ccccc3)CC2)c1. The van der Waals surface area contributed by atoms with Gasteiger partial charge in [-0.05, 0) is 30.3 Å². The minimum absolute atomic E-state index is 0.00102. The topological polar surface area (TPSA) is 78.7 Å². The molecule has 2 amide bonds. The molecule has 1 aliphatic heterocycles. The van der Waals surface area contributed by atoms with Gasteiger partial charge in [-0.15, -0.1) is 0 Å². The summed E-state index contributed by atoms with van der Waals surface area (Å²) in [7, 11) is 0. The molecular weight excluding hydrogens is 316 g/mol. The van der Waals surface area contributed by atoms with Crippen LogP contribution in [0, 0.1) is 0 Å². The standard InChI is InChI=1S/C19H22N4O2/c20-16-6-4-5-15(13-16)19(25)21-14-18(24)23-11-9-22(10-12-23)17-7-2-1-3-8-17/h1-8,13H,9-12,14,20H2,(H,21,25). The Kier molecular flexibility index (Phi) is 5.18. The molecule has 0 saturated carbocycles. The Labute approximate surface area is 147 Å². The van der Waals surface area contributed by atoms with Gasteiger partial charge in [0.05, 0.1) is 6.54 Å². The van der Waals surface area contributed by atoms with E-state index in [0.717, 1.165) is 13.1 Å². The highest BCUT2D eigenvalue weighted by Gasteiger charge is 2.21. The molecule has 2 aromatic carbocycles. The quantitative estimate of drug-likeness (QED) is 0.825. The fourth-order valence-corrected chi connectivity index (χ4v) is 2.90. The number of hydrogen-bond donors (Lipinski definition) is 2. The number of hydrogen-bond acceptors (Lipinski definition) is 4. The van der Waals surface area contributed by atoms with Crippen LogP contribution < -0.4 is 16.0 Å². The molecule has 0 radical (unpaired) electrons. The van der Waals surface area contributed by atoms with E-state index in [4.69, 9.17) is 5.73 Å². The summed E-state index contributed by atoms with van der Waals surface area (Å²) >= 11 is 0. The third-order valence-electron chi connectivity index (χ3n) is 4.30. The van der Waals surface area contributed by atoms with Crippen molar-refractivity contribution in [2.24, 2.45) is 0 Å². The van der Waals surface area contributed by atoms with E-state index in [-0.39, 0.29) is 18.4 Å². The van der Waals surface area contributed by atoms with Gasteiger partial charge in [-0.3, -0.25) is 9.59 Å². The zero-order valence-corrected chi connectivity index (χ0v) is 14.0. The first kappa shape index (κ1) is 16.8. The van der Waals surface area contributed by atoms with Crippen molar-refractivity contribution in [3.05, 3.63) is 60.2 Å². The van der Waals surface area contributed by atoms with Crippen molar-refractivity contribution < 1.29 is 9.59 Å². The van der Waals surface area contributed by atoms with E-state index in [9.17, 15) is 9.59 Å². The predicted molar refractivity (Wildman–Crippen MR) is 98.4 cm³/mol. The van der Waals surface area contributed by atoms with Crippen molar-refractivity contribution in [1.82, 2.24) is 10.2 Å². The number of anilines is 2. The van der Waals surface area contributed by atoms with Gasteiger partial charge in [0.1, 0.15) is 0 Å². The number of benzene rings is 2. The van der Waals surface area contributed by atoms with Gasteiger partial charge in [0, 0.05) is 43.1 Å². The molecule has 6 nitrogen and oxygen atoms in total. The summed E-state index contributed by atoms with van der Waals surface area (Å²) in [6.45, 7) is 2.89. The molecule has 1 fully saturated rings. The van der Waals surface area contributed by atoms with E-state index in [1.165, 1.54) is 5.69 Å². The summed E-state index contributed by atoms with van der Waals surface area (Å²) < 4.78 is 0. The molecule has 0 aromatic heterocycles. The molecule has 1 heterocycles. The first-order chi connectivity index (χ1) is 12.1. The van der Waals surface area contributed by atoms with Gasteiger partial charge in [0.25, 0.3) is 5.91 Å². The molecule has 0 bridgehead atoms. The molecule has 0 spiro atoms. The van der Waals surface area contributed by atoms with Gasteiger partial charge >= 0.3 is 0 Å². The van der Waals surface area contributed by atoms with Gasteiger partial charge in [0.15, 0.2) is 0 Å². The highest BCUT2D eigenvalue weighted by molar-refractivity contribution is 5.97. The van der Waals surface area contributed by atoms with Crippen molar-refractivity contribution >= 4 is 23.2 Å². The maximum Gasteiger partial charge on any atom is 0.251 e. The number of piperazine rings is 1. The summed E-state index contributed by atoms with van der Waals surface area (Å²) in [6, 6.07) is 16.9. The summed E-state index contributed by atoms with van der Waals surface area (Å²) in [5.41, 5.74) is 7.83. The van der Waals surface area contributed by atoms with E-state index in [0.29, 0.717) is 24.3 Å². The van der Waals surface area contributed by atoms with Gasteiger partial charge in [-0.25, -0.2) is 0 Å². The average molecular weight is 338 g/mol. The molecule has 0 atom stereocenters. The van der Waals surface area contributed by atoms with Crippen LogP contribution in [0.2, 0.25) is 0 Å². The van der Waals surface area contributed by atoms with Crippen molar-refractivity contribution in [2.45, 2.75) is 0 Å². The summed E-state index contributed by atoms with van der Waals surface area (Å²) in [5, 5.41) is 2.67. The lowest BCUT2D eigenvalue weighted by Crippen LogP contribution is -2.51. The summed E-state index contributed by atoms with van der Waals surface area (Å²) in [6.07, 6.45) is 0. The van der Waals surface area contributed by atoms with E-state index < -0.39 is 0 Å². The molecule has 1 aliphatic rings. The Morgan fingerprint density at radius 2 is 1.68 bits per heavy atom. The van der Waals surface area contributed by atoms with E-state index in [2.05, 4.69) is 22.3 Å². The Morgan fingerprint density at radius 1 is 0.960 bits per heavy atom. The monoisotopic (exact) mass is 338 g/mol. The van der Waals surface area contributed by atoms with E-state index in [1.807, 2.05) is 18.2 Å². The van der Waals surface area contributed by atoms with Crippen LogP contribution in [0.25, 0.3) is 0 Å². The molecule has 3 N–H and O–H groups in total. The normalized spacial score (nSPS) is 14.2. The fraction of sp³-hybridized carbons (Fsp3) is 0.263. The first-order valence-corrected chi connectivity index (χ1v) is 8.35. The van der Waals surface area contributed by atoms with E-state index in [1.54, 1.807) is 29.2 Å². The van der Waals surface area contributed by atoms with Crippen LogP contribution in [0.1, 0.15) is 10.4 Å². The molecule has 25 heavy (non-hydrogen) atoms. The molecule has 130 valence electrons. The zero-order chi connectivity index (χ0) is 17.6. The van der Waals surface area contributed by atoms with Gasteiger partial charge in [0.2, 0.25) is 5.91 Å². The Balaban J connectivity index is 1.47. The average Bonchev–Trinajstić information content (AvgIpc) is 2.66. The Morgan fingerprint density at radius 3 is 2.36 bits per heavy atom. The minimum Gasteiger partial charge on any atom is -0.399 e. The largest absolute Gasteiger partial charge is 0.399 e. The lowest BCUT2D eigenvalue weighted by atomic mass is 10.2. The van der Waals surface area contributed by atoms with Crippen LogP contribution >= 0.6 is 0 Å². The van der Waals surface area contributed by atoms with Crippen LogP contribution in [-0.4, -0.2) is 49.4 Å². The second-order valence-corrected chi connectivity index (χ2v) is 6.01. The third-order valence-corrected chi connectivity index (χ3v) is 4.30. The van der Waals surface area contributed by atoms with Crippen molar-refractivity contribution in [1.29, 1.82) is 0 Å². The minimum atomic E-state index is -0.288. The summed E-state index contributed by atoms with van der Waals surface area (Å²) in [4.78, 5) is 28.4. The van der Waals surface area contributed by atoms with Gasteiger partial charge < -0.3 is 20.9 Å². The zero-order valence-electron chi connectivity index (χ0n) is 14.0. The number of carbonyl (C=O) groups excluding carboxylic acids is 2. The Bertz CT molecular complexity index is 740. The lowest BCUT2D eigenvalue weighted by molar-refractivity contribution is -0.130. The van der Waals surface area contributed by atoms with E-state index >= 15 is 0 Å². The second-order valence-electron chi connectivity index (χ2n) is 6.01. The van der Waals surface area contributed by atoms with Gasteiger partial charge in [-0.2, -0.15) is 0 Å². The smallest absolute Gasteiger partial charge is 0.251 e. The number of nitrogen functional groups attached to an aromatic ring is 1. The molecule has 2 aromatic rings. The van der Waals surface area contributed by atoms with Crippen LogP contribution in [0.3, 0.4) is 0 Å². The number of rotatable bonds is 4.